The van der Waals surface area contributed by atoms with Crippen LogP contribution in [-0.4, -0.2) is 0 Å². The Labute approximate surface area is 113 Å². The zero-order valence-corrected chi connectivity index (χ0v) is 12.1. The van der Waals surface area contributed by atoms with Crippen LogP contribution >= 0.6 is 0 Å². The summed E-state index contributed by atoms with van der Waals surface area (Å²) in [5.41, 5.74) is 3.33. The smallest absolute Gasteiger partial charge is 0.0159 e. The van der Waals surface area contributed by atoms with Crippen molar-refractivity contribution in [1.29, 1.82) is 0 Å². The maximum absolute atomic E-state index is 2.39. The van der Waals surface area contributed by atoms with Crippen molar-refractivity contribution in [3.05, 3.63) is 35.4 Å². The second-order valence-corrected chi connectivity index (χ2v) is 5.86. The van der Waals surface area contributed by atoms with E-state index in [0.29, 0.717) is 0 Å². The molecule has 18 heavy (non-hydrogen) atoms. The van der Waals surface area contributed by atoms with Gasteiger partial charge in [-0.15, -0.1) is 0 Å². The summed E-state index contributed by atoms with van der Waals surface area (Å²) in [6, 6.07) is 9.22. The molecular weight excluding hydrogens is 216 g/mol. The van der Waals surface area contributed by atoms with Gasteiger partial charge in [-0.2, -0.15) is 0 Å². The van der Waals surface area contributed by atoms with E-state index in [1.165, 1.54) is 51.4 Å². The molecule has 2 atom stereocenters. The minimum Gasteiger partial charge on any atom is -0.0654 e. The first-order chi connectivity index (χ1) is 8.86. The molecule has 2 unspecified atom stereocenters. The molecule has 0 N–H and O–H groups in total. The molecule has 0 saturated heterocycles. The maximum Gasteiger partial charge on any atom is -0.0159 e. The van der Waals surface area contributed by atoms with Crippen LogP contribution in [0.2, 0.25) is 0 Å². The summed E-state index contributed by atoms with van der Waals surface area (Å²) in [5.74, 6) is 1.67. The van der Waals surface area contributed by atoms with Gasteiger partial charge in [0.25, 0.3) is 0 Å². The fraction of sp³-hybridized carbons (Fsp3) is 0.667. The van der Waals surface area contributed by atoms with Crippen molar-refractivity contribution in [2.24, 2.45) is 0 Å². The van der Waals surface area contributed by atoms with E-state index >= 15 is 0 Å². The average molecular weight is 244 g/mol. The van der Waals surface area contributed by atoms with E-state index in [9.17, 15) is 0 Å². The van der Waals surface area contributed by atoms with E-state index in [2.05, 4.69) is 38.1 Å². The third kappa shape index (κ3) is 3.16. The molecule has 0 heterocycles. The van der Waals surface area contributed by atoms with Gasteiger partial charge in [-0.25, -0.2) is 0 Å². The predicted molar refractivity (Wildman–Crippen MR) is 80.2 cm³/mol. The normalized spacial score (nSPS) is 22.8. The molecule has 0 radical (unpaired) electrons. The summed E-state index contributed by atoms with van der Waals surface area (Å²) in [7, 11) is 0. The number of rotatable bonds is 6. The number of fused-ring (bicyclic) bond motifs is 1. The lowest BCUT2D eigenvalue weighted by Crippen LogP contribution is -2.14. The Morgan fingerprint density at radius 1 is 0.889 bits per heavy atom. The van der Waals surface area contributed by atoms with Gasteiger partial charge in [-0.3, -0.25) is 0 Å². The molecule has 1 aromatic carbocycles. The van der Waals surface area contributed by atoms with Gasteiger partial charge in [0, 0.05) is 0 Å². The molecule has 1 aliphatic carbocycles. The summed E-state index contributed by atoms with van der Waals surface area (Å²) in [5, 5.41) is 0. The second kappa shape index (κ2) is 6.97. The number of hydrogen-bond acceptors (Lipinski definition) is 0. The van der Waals surface area contributed by atoms with Crippen LogP contribution in [0.15, 0.2) is 24.3 Å². The molecular formula is C18H28. The zero-order chi connectivity index (χ0) is 12.8. The quantitative estimate of drug-likeness (QED) is 0.536. The van der Waals surface area contributed by atoms with Crippen LogP contribution in [-0.2, 0) is 0 Å². The van der Waals surface area contributed by atoms with Gasteiger partial charge in [0.05, 0.1) is 0 Å². The van der Waals surface area contributed by atoms with Crippen molar-refractivity contribution in [2.45, 2.75) is 77.0 Å². The number of unbranched alkanes of at least 4 members (excludes halogenated alkanes) is 3. The molecule has 100 valence electrons. The highest BCUT2D eigenvalue weighted by Crippen LogP contribution is 2.42. The molecule has 0 amide bonds. The Kier molecular flexibility index (Phi) is 5.28. The molecule has 0 saturated carbocycles. The van der Waals surface area contributed by atoms with Crippen molar-refractivity contribution in [2.75, 3.05) is 0 Å². The van der Waals surface area contributed by atoms with Crippen LogP contribution in [0.4, 0.5) is 0 Å². The predicted octanol–water partition coefficient (Wildman–Crippen LogP) is 6.03. The Balaban J connectivity index is 2.01. The molecule has 0 nitrogen and oxygen atoms in total. The topological polar surface area (TPSA) is 0 Å². The summed E-state index contributed by atoms with van der Waals surface area (Å²) in [6.07, 6.45) is 11.1. The molecule has 0 spiro atoms. The monoisotopic (exact) mass is 244 g/mol. The minimum absolute atomic E-state index is 0.827. The molecule has 1 aliphatic rings. The first-order valence-electron chi connectivity index (χ1n) is 7.95. The lowest BCUT2D eigenvalue weighted by Gasteiger charge is -2.31. The van der Waals surface area contributed by atoms with E-state index in [0.717, 1.165) is 11.8 Å². The standard InChI is InChI=1S/C18H28/c1-3-5-6-7-10-16-14-13-15(4-2)17-11-8-9-12-18(16)17/h8-9,11-12,15-16H,3-7,10,13-14H2,1-2H3. The third-order valence-electron chi connectivity index (χ3n) is 4.64. The SMILES string of the molecule is CCCCCCC1CCC(CC)c2ccccc21. The van der Waals surface area contributed by atoms with Gasteiger partial charge in [0.15, 0.2) is 0 Å². The summed E-state index contributed by atoms with van der Waals surface area (Å²) in [4.78, 5) is 0. The maximum atomic E-state index is 2.39. The largest absolute Gasteiger partial charge is 0.0654 e. The minimum atomic E-state index is 0.827. The highest BCUT2D eigenvalue weighted by atomic mass is 14.3. The average Bonchev–Trinajstić information content (AvgIpc) is 2.43. The van der Waals surface area contributed by atoms with E-state index < -0.39 is 0 Å². The fourth-order valence-corrected chi connectivity index (χ4v) is 3.51. The Morgan fingerprint density at radius 2 is 1.56 bits per heavy atom. The summed E-state index contributed by atoms with van der Waals surface area (Å²) < 4.78 is 0. The molecule has 0 fully saturated rings. The first kappa shape index (κ1) is 13.6. The van der Waals surface area contributed by atoms with Crippen molar-refractivity contribution >= 4 is 0 Å². The second-order valence-electron chi connectivity index (χ2n) is 5.86. The van der Waals surface area contributed by atoms with Gasteiger partial charge in [0.1, 0.15) is 0 Å². The van der Waals surface area contributed by atoms with Crippen molar-refractivity contribution in [3.63, 3.8) is 0 Å². The summed E-state index contributed by atoms with van der Waals surface area (Å²) >= 11 is 0. The number of benzene rings is 1. The van der Waals surface area contributed by atoms with Gasteiger partial charge >= 0.3 is 0 Å². The van der Waals surface area contributed by atoms with Crippen molar-refractivity contribution < 1.29 is 0 Å². The van der Waals surface area contributed by atoms with Gasteiger partial charge < -0.3 is 0 Å². The molecule has 0 aliphatic heterocycles. The Morgan fingerprint density at radius 3 is 2.22 bits per heavy atom. The first-order valence-corrected chi connectivity index (χ1v) is 7.95. The van der Waals surface area contributed by atoms with Crippen LogP contribution in [0.1, 0.15) is 88.2 Å². The third-order valence-corrected chi connectivity index (χ3v) is 4.64. The molecule has 0 bridgehead atoms. The summed E-state index contributed by atoms with van der Waals surface area (Å²) in [6.45, 7) is 4.63. The highest BCUT2D eigenvalue weighted by molar-refractivity contribution is 5.35. The lowest BCUT2D eigenvalue weighted by atomic mass is 9.74. The van der Waals surface area contributed by atoms with Crippen LogP contribution in [0.3, 0.4) is 0 Å². The molecule has 2 rings (SSSR count). The van der Waals surface area contributed by atoms with Crippen LogP contribution in [0.5, 0.6) is 0 Å². The Hall–Kier alpha value is -0.780. The fourth-order valence-electron chi connectivity index (χ4n) is 3.51. The molecule has 0 heteroatoms. The van der Waals surface area contributed by atoms with Gasteiger partial charge in [-0.05, 0) is 48.6 Å². The lowest BCUT2D eigenvalue weighted by molar-refractivity contribution is 0.440. The zero-order valence-electron chi connectivity index (χ0n) is 12.1. The molecule has 1 aromatic rings. The van der Waals surface area contributed by atoms with E-state index in [1.54, 1.807) is 11.1 Å². The molecule has 0 aromatic heterocycles. The van der Waals surface area contributed by atoms with Crippen molar-refractivity contribution in [3.8, 4) is 0 Å². The Bertz CT molecular complexity index is 353. The van der Waals surface area contributed by atoms with Gasteiger partial charge in [0.2, 0.25) is 0 Å². The van der Waals surface area contributed by atoms with E-state index in [4.69, 9.17) is 0 Å². The van der Waals surface area contributed by atoms with Crippen LogP contribution in [0, 0.1) is 0 Å². The number of hydrogen-bond donors (Lipinski definition) is 0. The van der Waals surface area contributed by atoms with Crippen molar-refractivity contribution in [1.82, 2.24) is 0 Å². The van der Waals surface area contributed by atoms with E-state index in [1.807, 2.05) is 0 Å². The van der Waals surface area contributed by atoms with Crippen LogP contribution in [0.25, 0.3) is 0 Å². The van der Waals surface area contributed by atoms with E-state index in [-0.39, 0.29) is 0 Å². The van der Waals surface area contributed by atoms with Gasteiger partial charge in [-0.1, -0.05) is 63.8 Å². The van der Waals surface area contributed by atoms with Crippen LogP contribution < -0.4 is 0 Å². The highest BCUT2D eigenvalue weighted by Gasteiger charge is 2.25.